The van der Waals surface area contributed by atoms with Gasteiger partial charge in [0.15, 0.2) is 0 Å². The highest BCUT2D eigenvalue weighted by Crippen LogP contribution is 2.29. The van der Waals surface area contributed by atoms with Gasteiger partial charge < -0.3 is 35.1 Å². The number of nitrogens with zero attached hydrogens (tertiary/aromatic N) is 1. The van der Waals surface area contributed by atoms with Crippen LogP contribution >= 0.6 is 0 Å². The number of carboxylic acid groups (broad SMARTS) is 2. The fourth-order valence-corrected chi connectivity index (χ4v) is 5.76. The van der Waals surface area contributed by atoms with Gasteiger partial charge >= 0.3 is 0 Å². The predicted octanol–water partition coefficient (Wildman–Crippen LogP) is 0.695. The third kappa shape index (κ3) is 6.38. The normalized spacial score (nSPS) is 19.8. The zero-order valence-electron chi connectivity index (χ0n) is 25.3. The molecule has 0 spiro atoms. The van der Waals surface area contributed by atoms with E-state index in [-0.39, 0.29) is 43.4 Å². The summed E-state index contributed by atoms with van der Waals surface area (Å²) in [6.07, 6.45) is 7.95. The summed E-state index contributed by atoms with van der Waals surface area (Å²) in [4.78, 5) is 58.4. The second-order valence-corrected chi connectivity index (χ2v) is 10.9. The van der Waals surface area contributed by atoms with Crippen LogP contribution in [0.4, 0.5) is 0 Å². The average molecular weight is 585 g/mol. The number of carbonyl (C=O) groups is 4. The van der Waals surface area contributed by atoms with Gasteiger partial charge in [0.25, 0.3) is 5.91 Å². The summed E-state index contributed by atoms with van der Waals surface area (Å²) in [6, 6.07) is 0. The Morgan fingerprint density at radius 2 is 1.53 bits per heavy atom. The maximum atomic E-state index is 12.3. The molecular weight excluding hydrogens is 548 g/mol. The lowest BCUT2D eigenvalue weighted by atomic mass is 10.00. The number of nitrogens with one attached hydrogen (secondary N) is 3. The third-order valence-corrected chi connectivity index (χ3v) is 8.33. The molecule has 0 aromatic carbocycles. The summed E-state index contributed by atoms with van der Waals surface area (Å²) in [5.41, 5.74) is 8.06. The van der Waals surface area contributed by atoms with Crippen molar-refractivity contribution in [2.24, 2.45) is 10.9 Å². The van der Waals surface area contributed by atoms with Crippen molar-refractivity contribution < 1.29 is 29.4 Å². The van der Waals surface area contributed by atoms with Crippen LogP contribution in [-0.4, -0.2) is 39.4 Å². The van der Waals surface area contributed by atoms with Crippen LogP contribution in [0.15, 0.2) is 33.5 Å². The van der Waals surface area contributed by atoms with Crippen LogP contribution in [0.5, 0.6) is 0 Å². The molecule has 4 rings (SSSR count). The van der Waals surface area contributed by atoms with Crippen molar-refractivity contribution in [1.29, 1.82) is 0 Å². The lowest BCUT2D eigenvalue weighted by molar-refractivity contribution is -0.307. The second-order valence-electron chi connectivity index (χ2n) is 10.9. The maximum absolute atomic E-state index is 12.3. The van der Waals surface area contributed by atoms with E-state index in [4.69, 9.17) is 0 Å². The summed E-state index contributed by atoms with van der Waals surface area (Å²) in [6.45, 7) is 11.2. The highest BCUT2D eigenvalue weighted by molar-refractivity contribution is 6.30. The van der Waals surface area contributed by atoms with Crippen LogP contribution in [0.2, 0.25) is 0 Å². The molecule has 10 heteroatoms. The molecule has 1 atom stereocenters. The molecule has 0 bridgehead atoms. The van der Waals surface area contributed by atoms with E-state index in [1.54, 1.807) is 6.08 Å². The third-order valence-electron chi connectivity index (χ3n) is 8.33. The van der Waals surface area contributed by atoms with Gasteiger partial charge in [-0.3, -0.25) is 9.59 Å². The zero-order valence-corrected chi connectivity index (χ0v) is 25.3. The van der Waals surface area contributed by atoms with E-state index in [0.29, 0.717) is 45.5 Å². The van der Waals surface area contributed by atoms with Crippen LogP contribution in [0.25, 0.3) is 18.2 Å². The summed E-state index contributed by atoms with van der Waals surface area (Å²) in [7, 11) is 0. The Morgan fingerprint density at radius 1 is 0.884 bits per heavy atom. The quantitative estimate of drug-likeness (QED) is 0.371. The van der Waals surface area contributed by atoms with Crippen molar-refractivity contribution >= 4 is 47.7 Å². The number of aliphatic carboxylic acids is 2. The van der Waals surface area contributed by atoms with Gasteiger partial charge in [0, 0.05) is 45.3 Å². The van der Waals surface area contributed by atoms with E-state index in [1.165, 1.54) is 0 Å². The molecule has 0 radical (unpaired) electrons. The lowest BCUT2D eigenvalue weighted by Gasteiger charge is -2.05. The van der Waals surface area contributed by atoms with Gasteiger partial charge in [-0.05, 0) is 118 Å². The van der Waals surface area contributed by atoms with E-state index >= 15 is 0 Å². The summed E-state index contributed by atoms with van der Waals surface area (Å²) >= 11 is 0. The molecule has 2 amide bonds. The Labute approximate surface area is 249 Å². The van der Waals surface area contributed by atoms with Gasteiger partial charge in [0.1, 0.15) is 0 Å². The molecule has 4 heterocycles. The van der Waals surface area contributed by atoms with Crippen LogP contribution in [0, 0.1) is 19.8 Å². The molecular formula is C33H36N4O6-2. The Hall–Kier alpha value is -4.73. The minimum absolute atomic E-state index is 0.0968. The SMILES string of the molecule is C/C=C1/C(=C/c2[nH]c(/C=c3\[nH]/c(=C\C4=NC(=O)C(CC)=C4C)c(C)c3CCC(=O)[O-])c(CCC(=O)[O-])c2C)NC(=O)[C@@H]1C. The van der Waals surface area contributed by atoms with Crippen molar-refractivity contribution in [2.45, 2.75) is 73.6 Å². The molecule has 2 aromatic heterocycles. The highest BCUT2D eigenvalue weighted by atomic mass is 16.4. The number of carbonyl (C=O) groups excluding carboxylic acids is 4. The smallest absolute Gasteiger partial charge is 0.273 e. The number of amides is 2. The summed E-state index contributed by atoms with van der Waals surface area (Å²) in [5.74, 6) is -3.00. The summed E-state index contributed by atoms with van der Waals surface area (Å²) < 4.78 is 0. The van der Waals surface area contributed by atoms with Gasteiger partial charge in [-0.25, -0.2) is 4.99 Å². The first-order chi connectivity index (χ1) is 20.4. The first-order valence-electron chi connectivity index (χ1n) is 14.4. The Kier molecular flexibility index (Phi) is 9.18. The van der Waals surface area contributed by atoms with Crippen LogP contribution in [-0.2, 0) is 32.0 Å². The van der Waals surface area contributed by atoms with Crippen molar-refractivity contribution in [3.63, 3.8) is 0 Å². The predicted molar refractivity (Wildman–Crippen MR) is 159 cm³/mol. The van der Waals surface area contributed by atoms with Gasteiger partial charge in [0.2, 0.25) is 5.91 Å². The standard InChI is InChI=1S/C33H38N4O6/c1-7-20-19(6)32(42)37-27(20)14-25-18(5)23(10-12-31(40)41)29(35-25)15-28-22(9-11-30(38)39)17(4)24(34-28)13-26-16(3)21(8-2)33(43)36-26/h7,13-15,19,34-35H,8-12H2,1-6H3,(H,37,42)(H,38,39)(H,40,41)/p-2/b20-7+,24-13-,27-14-,28-15-/t19-/m1/s1. The molecule has 2 aliphatic rings. The lowest BCUT2D eigenvalue weighted by Crippen LogP contribution is -2.23. The largest absolute Gasteiger partial charge is 0.550 e. The number of aromatic amines is 2. The number of carboxylic acids is 2. The molecule has 3 N–H and O–H groups in total. The Morgan fingerprint density at radius 3 is 2.12 bits per heavy atom. The minimum Gasteiger partial charge on any atom is -0.550 e. The number of aliphatic imine (C=N–C) groups is 1. The monoisotopic (exact) mass is 584 g/mol. The van der Waals surface area contributed by atoms with E-state index in [9.17, 15) is 29.4 Å². The number of allylic oxidation sites excluding steroid dienone is 3. The van der Waals surface area contributed by atoms with Crippen molar-refractivity contribution in [2.75, 3.05) is 0 Å². The van der Waals surface area contributed by atoms with Crippen LogP contribution in [0.1, 0.15) is 80.6 Å². The zero-order chi connectivity index (χ0) is 31.6. The van der Waals surface area contributed by atoms with E-state index in [1.807, 2.05) is 59.8 Å². The number of aromatic nitrogens is 2. The number of rotatable bonds is 10. The molecule has 0 saturated carbocycles. The molecule has 2 aliphatic heterocycles. The molecule has 2 aromatic rings. The molecule has 226 valence electrons. The molecule has 43 heavy (non-hydrogen) atoms. The average Bonchev–Trinajstić information content (AvgIpc) is 3.59. The first-order valence-corrected chi connectivity index (χ1v) is 14.4. The minimum atomic E-state index is -1.18. The van der Waals surface area contributed by atoms with Crippen LogP contribution < -0.4 is 26.2 Å². The van der Waals surface area contributed by atoms with E-state index < -0.39 is 11.9 Å². The number of hydrogen-bond acceptors (Lipinski definition) is 6. The van der Waals surface area contributed by atoms with Gasteiger partial charge in [-0.2, -0.15) is 0 Å². The van der Waals surface area contributed by atoms with Crippen molar-refractivity contribution in [3.05, 3.63) is 72.8 Å². The number of H-pyrrole nitrogens is 2. The van der Waals surface area contributed by atoms with E-state index in [2.05, 4.69) is 20.3 Å². The maximum Gasteiger partial charge on any atom is 0.273 e. The van der Waals surface area contributed by atoms with Crippen LogP contribution in [0.3, 0.4) is 0 Å². The van der Waals surface area contributed by atoms with E-state index in [0.717, 1.165) is 33.4 Å². The highest BCUT2D eigenvalue weighted by Gasteiger charge is 2.29. The molecule has 10 nitrogen and oxygen atoms in total. The van der Waals surface area contributed by atoms with Gasteiger partial charge in [-0.1, -0.05) is 13.0 Å². The Balaban J connectivity index is 1.91. The van der Waals surface area contributed by atoms with Crippen molar-refractivity contribution in [3.8, 4) is 0 Å². The fourth-order valence-electron chi connectivity index (χ4n) is 5.76. The fraction of sp³-hybridized carbons (Fsp3) is 0.364. The van der Waals surface area contributed by atoms with Gasteiger partial charge in [0.05, 0.1) is 11.6 Å². The molecule has 0 aliphatic carbocycles. The second kappa shape index (κ2) is 12.6. The topological polar surface area (TPSA) is 170 Å². The molecule has 1 saturated heterocycles. The van der Waals surface area contributed by atoms with Gasteiger partial charge in [-0.15, -0.1) is 0 Å². The number of hydrogen-bond donors (Lipinski definition) is 3. The summed E-state index contributed by atoms with van der Waals surface area (Å²) in [5, 5.41) is 27.0. The first kappa shape index (κ1) is 31.2. The molecule has 0 unspecified atom stereocenters. The van der Waals surface area contributed by atoms with Crippen molar-refractivity contribution in [1.82, 2.24) is 15.3 Å². The molecule has 1 fully saturated rings. The Bertz CT molecular complexity index is 1780.